The lowest BCUT2D eigenvalue weighted by atomic mass is 10.1. The first kappa shape index (κ1) is 16.0. The topological polar surface area (TPSA) is 50.3 Å². The number of anilines is 1. The van der Waals surface area contributed by atoms with Gasteiger partial charge in [0.25, 0.3) is 0 Å². The van der Waals surface area contributed by atoms with E-state index in [-0.39, 0.29) is 0 Å². The van der Waals surface area contributed by atoms with Gasteiger partial charge in [-0.1, -0.05) is 20.3 Å². The first-order valence-corrected chi connectivity index (χ1v) is 8.17. The normalized spacial score (nSPS) is 16.2. The molecule has 0 atom stereocenters. The van der Waals surface area contributed by atoms with Gasteiger partial charge >= 0.3 is 0 Å². The molecule has 1 aromatic rings. The number of aromatic nitrogens is 2. The molecule has 0 unspecified atom stereocenters. The highest BCUT2D eigenvalue weighted by molar-refractivity contribution is 5.38. The van der Waals surface area contributed by atoms with E-state index >= 15 is 0 Å². The Hall–Kier alpha value is -1.36. The van der Waals surface area contributed by atoms with E-state index in [4.69, 9.17) is 4.74 Å². The lowest BCUT2D eigenvalue weighted by molar-refractivity contribution is 0.180. The number of piperidine rings is 1. The summed E-state index contributed by atoms with van der Waals surface area (Å²) in [6.07, 6.45) is 4.00. The number of nitrogens with zero attached hydrogens (tertiary/aromatic N) is 3. The van der Waals surface area contributed by atoms with Crippen LogP contribution >= 0.6 is 0 Å². The molecule has 1 fully saturated rings. The monoisotopic (exact) mass is 292 g/mol. The Kier molecular flexibility index (Phi) is 6.23. The molecule has 0 aliphatic carbocycles. The summed E-state index contributed by atoms with van der Waals surface area (Å²) in [4.78, 5) is 11.5. The summed E-state index contributed by atoms with van der Waals surface area (Å²) in [5.41, 5.74) is 0. The fraction of sp³-hybridized carbons (Fsp3) is 0.750. The summed E-state index contributed by atoms with van der Waals surface area (Å²) in [5, 5.41) is 3.24. The molecule has 0 aromatic carbocycles. The molecule has 1 aliphatic rings. The van der Waals surface area contributed by atoms with Gasteiger partial charge in [0.05, 0.1) is 0 Å². The highest BCUT2D eigenvalue weighted by atomic mass is 16.5. The van der Waals surface area contributed by atoms with E-state index in [0.29, 0.717) is 18.4 Å². The van der Waals surface area contributed by atoms with Crippen molar-refractivity contribution in [2.75, 3.05) is 38.1 Å². The molecular weight excluding hydrogens is 264 g/mol. The van der Waals surface area contributed by atoms with Gasteiger partial charge in [0.15, 0.2) is 0 Å². The van der Waals surface area contributed by atoms with Crippen molar-refractivity contribution in [2.24, 2.45) is 0 Å². The van der Waals surface area contributed by atoms with Crippen LogP contribution in [0.2, 0.25) is 0 Å². The lowest BCUT2D eigenvalue weighted by Crippen LogP contribution is -2.33. The van der Waals surface area contributed by atoms with Crippen molar-refractivity contribution in [3.8, 4) is 5.88 Å². The number of rotatable bonds is 7. The third-order valence-electron chi connectivity index (χ3n) is 3.70. The Labute approximate surface area is 128 Å². The second kappa shape index (κ2) is 8.17. The molecular formula is C16H28N4O. The number of hydrogen-bond acceptors (Lipinski definition) is 5. The molecule has 0 amide bonds. The minimum absolute atomic E-state index is 0.299. The molecule has 0 spiro atoms. The van der Waals surface area contributed by atoms with Crippen LogP contribution in [0.1, 0.15) is 51.8 Å². The minimum Gasteiger partial charge on any atom is -0.476 e. The van der Waals surface area contributed by atoms with Crippen molar-refractivity contribution in [1.82, 2.24) is 14.9 Å². The number of likely N-dealkylation sites (tertiary alicyclic amines) is 1. The first-order chi connectivity index (χ1) is 10.2. The Morgan fingerprint density at radius 3 is 2.67 bits per heavy atom. The van der Waals surface area contributed by atoms with Gasteiger partial charge in [0.2, 0.25) is 5.88 Å². The fourth-order valence-electron chi connectivity index (χ4n) is 2.51. The van der Waals surface area contributed by atoms with E-state index in [0.717, 1.165) is 24.7 Å². The van der Waals surface area contributed by atoms with Crippen LogP contribution in [0.4, 0.5) is 5.82 Å². The van der Waals surface area contributed by atoms with Crippen LogP contribution in [0.3, 0.4) is 0 Å². The molecule has 5 heteroatoms. The summed E-state index contributed by atoms with van der Waals surface area (Å²) in [5.74, 6) is 2.67. The van der Waals surface area contributed by atoms with Crippen molar-refractivity contribution in [1.29, 1.82) is 0 Å². The number of ether oxygens (including phenoxy) is 1. The molecule has 0 radical (unpaired) electrons. The Morgan fingerprint density at radius 2 is 2.00 bits per heavy atom. The van der Waals surface area contributed by atoms with Gasteiger partial charge in [-0.25, -0.2) is 4.98 Å². The maximum atomic E-state index is 5.85. The van der Waals surface area contributed by atoms with Crippen molar-refractivity contribution >= 4 is 5.82 Å². The van der Waals surface area contributed by atoms with E-state index in [1.54, 1.807) is 0 Å². The second-order valence-corrected chi connectivity index (χ2v) is 5.89. The Balaban J connectivity index is 1.91. The van der Waals surface area contributed by atoms with Gasteiger partial charge in [0, 0.05) is 25.1 Å². The molecule has 1 aliphatic heterocycles. The van der Waals surface area contributed by atoms with Crippen molar-refractivity contribution in [3.05, 3.63) is 11.9 Å². The van der Waals surface area contributed by atoms with Crippen molar-refractivity contribution in [2.45, 2.75) is 46.0 Å². The third-order valence-corrected chi connectivity index (χ3v) is 3.70. The highest BCUT2D eigenvalue weighted by Crippen LogP contribution is 2.18. The van der Waals surface area contributed by atoms with Crippen LogP contribution in [-0.2, 0) is 0 Å². The summed E-state index contributed by atoms with van der Waals surface area (Å²) in [7, 11) is 0. The van der Waals surface area contributed by atoms with E-state index in [2.05, 4.69) is 41.0 Å². The maximum absolute atomic E-state index is 5.85. The predicted octanol–water partition coefficient (Wildman–Crippen LogP) is 2.90. The number of nitrogens with one attached hydrogen (secondary N) is 1. The zero-order valence-electron chi connectivity index (χ0n) is 13.6. The molecule has 2 heterocycles. The summed E-state index contributed by atoms with van der Waals surface area (Å²) >= 11 is 0. The maximum Gasteiger partial charge on any atom is 0.218 e. The van der Waals surface area contributed by atoms with Crippen LogP contribution in [0.25, 0.3) is 0 Å². The highest BCUT2D eigenvalue weighted by Gasteiger charge is 2.11. The first-order valence-electron chi connectivity index (χ1n) is 8.17. The minimum atomic E-state index is 0.299. The molecule has 0 bridgehead atoms. The van der Waals surface area contributed by atoms with Crippen molar-refractivity contribution < 1.29 is 4.74 Å². The average Bonchev–Trinajstić information content (AvgIpc) is 2.48. The van der Waals surface area contributed by atoms with Gasteiger partial charge in [-0.2, -0.15) is 4.98 Å². The third kappa shape index (κ3) is 5.16. The van der Waals surface area contributed by atoms with E-state index in [1.807, 2.05) is 6.07 Å². The molecule has 1 aromatic heterocycles. The van der Waals surface area contributed by atoms with E-state index in [9.17, 15) is 0 Å². The molecule has 5 nitrogen and oxygen atoms in total. The van der Waals surface area contributed by atoms with E-state index < -0.39 is 0 Å². The van der Waals surface area contributed by atoms with Gasteiger partial charge in [-0.15, -0.1) is 0 Å². The van der Waals surface area contributed by atoms with Gasteiger partial charge in [0.1, 0.15) is 18.2 Å². The quantitative estimate of drug-likeness (QED) is 0.837. The Morgan fingerprint density at radius 1 is 1.24 bits per heavy atom. The SMILES string of the molecule is CCNc1cc(OCCN2CCCCC2)nc(C(C)C)n1. The van der Waals surface area contributed by atoms with E-state index in [1.165, 1.54) is 32.4 Å². The van der Waals surface area contributed by atoms with Crippen LogP contribution in [0, 0.1) is 0 Å². The molecule has 1 N–H and O–H groups in total. The standard InChI is InChI=1S/C16H28N4O/c1-4-17-14-12-15(19-16(18-14)13(2)3)21-11-10-20-8-6-5-7-9-20/h12-13H,4-11H2,1-3H3,(H,17,18,19). The summed E-state index contributed by atoms with van der Waals surface area (Å²) in [6.45, 7) is 11.2. The zero-order valence-corrected chi connectivity index (χ0v) is 13.6. The van der Waals surface area contributed by atoms with Gasteiger partial charge in [-0.05, 0) is 32.9 Å². The summed E-state index contributed by atoms with van der Waals surface area (Å²) in [6, 6.07) is 1.89. The molecule has 21 heavy (non-hydrogen) atoms. The largest absolute Gasteiger partial charge is 0.476 e. The van der Waals surface area contributed by atoms with Gasteiger partial charge < -0.3 is 10.1 Å². The van der Waals surface area contributed by atoms with Crippen LogP contribution < -0.4 is 10.1 Å². The smallest absolute Gasteiger partial charge is 0.218 e. The lowest BCUT2D eigenvalue weighted by Gasteiger charge is -2.26. The molecule has 1 saturated heterocycles. The summed E-state index contributed by atoms with van der Waals surface area (Å²) < 4.78 is 5.85. The van der Waals surface area contributed by atoms with Crippen LogP contribution in [0.5, 0.6) is 5.88 Å². The second-order valence-electron chi connectivity index (χ2n) is 5.89. The zero-order chi connectivity index (χ0) is 15.1. The van der Waals surface area contributed by atoms with Crippen LogP contribution in [0.15, 0.2) is 6.07 Å². The average molecular weight is 292 g/mol. The van der Waals surface area contributed by atoms with Gasteiger partial charge in [-0.3, -0.25) is 4.90 Å². The molecule has 0 saturated carbocycles. The molecule has 2 rings (SSSR count). The predicted molar refractivity (Wildman–Crippen MR) is 86.1 cm³/mol. The number of hydrogen-bond donors (Lipinski definition) is 1. The molecule has 118 valence electrons. The van der Waals surface area contributed by atoms with Crippen molar-refractivity contribution in [3.63, 3.8) is 0 Å². The Bertz CT molecular complexity index is 430. The van der Waals surface area contributed by atoms with Crippen LogP contribution in [-0.4, -0.2) is 47.7 Å². The fourth-order valence-corrected chi connectivity index (χ4v) is 2.51.